The van der Waals surface area contributed by atoms with E-state index in [1.54, 1.807) is 0 Å². The van der Waals surface area contributed by atoms with Crippen LogP contribution < -0.4 is 5.32 Å². The summed E-state index contributed by atoms with van der Waals surface area (Å²) < 4.78 is 0. The Labute approximate surface area is 115 Å². The van der Waals surface area contributed by atoms with Gasteiger partial charge in [-0.3, -0.25) is 4.90 Å². The maximum Gasteiger partial charge on any atom is 0.0217 e. The highest BCUT2D eigenvalue weighted by Gasteiger charge is 2.22. The van der Waals surface area contributed by atoms with Gasteiger partial charge in [-0.1, -0.05) is 46.5 Å². The summed E-state index contributed by atoms with van der Waals surface area (Å²) in [6, 6.07) is 1.55. The molecule has 0 amide bonds. The lowest BCUT2D eigenvalue weighted by Gasteiger charge is -2.34. The lowest BCUT2D eigenvalue weighted by Crippen LogP contribution is -2.45. The molecule has 2 nitrogen and oxygen atoms in total. The third-order valence-electron chi connectivity index (χ3n) is 4.38. The van der Waals surface area contributed by atoms with E-state index in [0.29, 0.717) is 6.04 Å². The van der Waals surface area contributed by atoms with Crippen LogP contribution in [0.25, 0.3) is 0 Å². The summed E-state index contributed by atoms with van der Waals surface area (Å²) in [6.07, 6.45) is 9.86. The lowest BCUT2D eigenvalue weighted by molar-refractivity contribution is 0.149. The van der Waals surface area contributed by atoms with Crippen LogP contribution in [0, 0.1) is 5.92 Å². The number of likely N-dealkylation sites (N-methyl/N-ethyl adjacent to an activating group) is 1. The van der Waals surface area contributed by atoms with Gasteiger partial charge in [0.1, 0.15) is 0 Å². The first-order chi connectivity index (χ1) is 8.65. The molecule has 0 aromatic rings. The minimum atomic E-state index is 0.715. The second-order valence-corrected chi connectivity index (χ2v) is 6.43. The summed E-state index contributed by atoms with van der Waals surface area (Å²) >= 11 is 0. The zero-order chi connectivity index (χ0) is 13.4. The summed E-state index contributed by atoms with van der Waals surface area (Å²) in [5.74, 6) is 0.755. The van der Waals surface area contributed by atoms with E-state index < -0.39 is 0 Å². The van der Waals surface area contributed by atoms with Gasteiger partial charge in [0.05, 0.1) is 0 Å². The zero-order valence-corrected chi connectivity index (χ0v) is 13.0. The van der Waals surface area contributed by atoms with E-state index in [2.05, 4.69) is 38.0 Å². The van der Waals surface area contributed by atoms with Crippen LogP contribution in [0.1, 0.15) is 65.7 Å². The van der Waals surface area contributed by atoms with Crippen molar-refractivity contribution in [2.45, 2.75) is 77.8 Å². The largest absolute Gasteiger partial charge is 0.315 e. The Morgan fingerprint density at radius 2 is 1.67 bits per heavy atom. The summed E-state index contributed by atoms with van der Waals surface area (Å²) in [7, 11) is 2.35. The lowest BCUT2D eigenvalue weighted by atomic mass is 10.0. The Morgan fingerprint density at radius 3 is 2.17 bits per heavy atom. The third kappa shape index (κ3) is 5.71. The Kier molecular flexibility index (Phi) is 7.92. The second kappa shape index (κ2) is 8.92. The molecule has 0 spiro atoms. The third-order valence-corrected chi connectivity index (χ3v) is 4.38. The fourth-order valence-corrected chi connectivity index (χ4v) is 3.08. The van der Waals surface area contributed by atoms with Gasteiger partial charge in [-0.25, -0.2) is 0 Å². The molecule has 108 valence electrons. The van der Waals surface area contributed by atoms with Crippen LogP contribution >= 0.6 is 0 Å². The smallest absolute Gasteiger partial charge is 0.0217 e. The van der Waals surface area contributed by atoms with E-state index in [1.165, 1.54) is 44.9 Å². The van der Waals surface area contributed by atoms with Gasteiger partial charge in [-0.2, -0.15) is 0 Å². The monoisotopic (exact) mass is 254 g/mol. The normalized spacial score (nSPS) is 20.3. The number of rotatable bonds is 7. The van der Waals surface area contributed by atoms with Crippen LogP contribution in [0.2, 0.25) is 0 Å². The van der Waals surface area contributed by atoms with Crippen LogP contribution in [0.3, 0.4) is 0 Å². The predicted octanol–water partition coefficient (Wildman–Crippen LogP) is 3.67. The van der Waals surface area contributed by atoms with E-state index in [9.17, 15) is 0 Å². The van der Waals surface area contributed by atoms with Gasteiger partial charge < -0.3 is 5.32 Å². The molecule has 0 heterocycles. The van der Waals surface area contributed by atoms with Gasteiger partial charge in [0, 0.05) is 18.6 Å². The van der Waals surface area contributed by atoms with Crippen LogP contribution in [0.15, 0.2) is 0 Å². The van der Waals surface area contributed by atoms with Crippen molar-refractivity contribution in [2.75, 3.05) is 20.1 Å². The highest BCUT2D eigenvalue weighted by atomic mass is 15.2. The zero-order valence-electron chi connectivity index (χ0n) is 13.0. The molecule has 1 aliphatic carbocycles. The molecule has 1 atom stereocenters. The van der Waals surface area contributed by atoms with Crippen LogP contribution in [-0.4, -0.2) is 37.1 Å². The fraction of sp³-hybridized carbons (Fsp3) is 1.00. The SMILES string of the molecule is CCC(CNCC(C)C)N(C)C1CCCCCC1. The highest BCUT2D eigenvalue weighted by Crippen LogP contribution is 2.22. The first-order valence-electron chi connectivity index (χ1n) is 8.07. The van der Waals surface area contributed by atoms with Gasteiger partial charge in [0.15, 0.2) is 0 Å². The molecule has 1 N–H and O–H groups in total. The quantitative estimate of drug-likeness (QED) is 0.697. The van der Waals surface area contributed by atoms with Crippen molar-refractivity contribution in [2.24, 2.45) is 5.92 Å². The molecular weight excluding hydrogens is 220 g/mol. The minimum Gasteiger partial charge on any atom is -0.315 e. The van der Waals surface area contributed by atoms with E-state index in [0.717, 1.165) is 25.0 Å². The molecule has 0 aromatic heterocycles. The number of hydrogen-bond acceptors (Lipinski definition) is 2. The fourth-order valence-electron chi connectivity index (χ4n) is 3.08. The number of nitrogens with zero attached hydrogens (tertiary/aromatic N) is 1. The standard InChI is InChI=1S/C16H34N2/c1-5-15(13-17-12-14(2)3)18(4)16-10-8-6-7-9-11-16/h14-17H,5-13H2,1-4H3. The van der Waals surface area contributed by atoms with Crippen molar-refractivity contribution in [3.8, 4) is 0 Å². The molecule has 1 unspecified atom stereocenters. The van der Waals surface area contributed by atoms with Crippen LogP contribution in [-0.2, 0) is 0 Å². The molecular formula is C16H34N2. The molecule has 0 radical (unpaired) electrons. The van der Waals surface area contributed by atoms with Crippen molar-refractivity contribution < 1.29 is 0 Å². The van der Waals surface area contributed by atoms with Gasteiger partial charge in [0.25, 0.3) is 0 Å². The number of hydrogen-bond donors (Lipinski definition) is 1. The molecule has 1 saturated carbocycles. The van der Waals surface area contributed by atoms with Crippen LogP contribution in [0.5, 0.6) is 0 Å². The molecule has 0 aromatic carbocycles. The van der Waals surface area contributed by atoms with E-state index in [-0.39, 0.29) is 0 Å². The van der Waals surface area contributed by atoms with E-state index >= 15 is 0 Å². The minimum absolute atomic E-state index is 0.715. The van der Waals surface area contributed by atoms with Crippen molar-refractivity contribution in [1.29, 1.82) is 0 Å². The first kappa shape index (κ1) is 16.0. The van der Waals surface area contributed by atoms with Gasteiger partial charge >= 0.3 is 0 Å². The number of nitrogens with one attached hydrogen (secondary N) is 1. The Hall–Kier alpha value is -0.0800. The average Bonchev–Trinajstić information content (AvgIpc) is 2.62. The van der Waals surface area contributed by atoms with E-state index in [4.69, 9.17) is 0 Å². The van der Waals surface area contributed by atoms with Gasteiger partial charge in [-0.05, 0) is 38.8 Å². The molecule has 1 aliphatic rings. The topological polar surface area (TPSA) is 15.3 Å². The summed E-state index contributed by atoms with van der Waals surface area (Å²) in [4.78, 5) is 2.67. The van der Waals surface area contributed by atoms with Crippen molar-refractivity contribution in [3.05, 3.63) is 0 Å². The van der Waals surface area contributed by atoms with Crippen molar-refractivity contribution >= 4 is 0 Å². The summed E-state index contributed by atoms with van der Waals surface area (Å²) in [5, 5.41) is 3.63. The second-order valence-electron chi connectivity index (χ2n) is 6.43. The van der Waals surface area contributed by atoms with Crippen molar-refractivity contribution in [1.82, 2.24) is 10.2 Å². The molecule has 0 bridgehead atoms. The summed E-state index contributed by atoms with van der Waals surface area (Å²) in [6.45, 7) is 9.19. The van der Waals surface area contributed by atoms with Crippen LogP contribution in [0.4, 0.5) is 0 Å². The maximum absolute atomic E-state index is 3.63. The van der Waals surface area contributed by atoms with Crippen molar-refractivity contribution in [3.63, 3.8) is 0 Å². The Bertz CT molecular complexity index is 195. The molecule has 18 heavy (non-hydrogen) atoms. The highest BCUT2D eigenvalue weighted by molar-refractivity contribution is 4.79. The summed E-state index contributed by atoms with van der Waals surface area (Å²) in [5.41, 5.74) is 0. The van der Waals surface area contributed by atoms with Gasteiger partial charge in [0.2, 0.25) is 0 Å². The molecule has 0 aliphatic heterocycles. The maximum atomic E-state index is 3.63. The van der Waals surface area contributed by atoms with E-state index in [1.807, 2.05) is 0 Å². The molecule has 1 rings (SSSR count). The Morgan fingerprint density at radius 1 is 1.06 bits per heavy atom. The molecule has 1 fully saturated rings. The molecule has 0 saturated heterocycles. The first-order valence-corrected chi connectivity index (χ1v) is 8.07. The average molecular weight is 254 g/mol. The Balaban J connectivity index is 2.36. The van der Waals surface area contributed by atoms with Gasteiger partial charge in [-0.15, -0.1) is 0 Å². The molecule has 2 heteroatoms. The predicted molar refractivity (Wildman–Crippen MR) is 81.0 cm³/mol.